The van der Waals surface area contributed by atoms with Crippen molar-refractivity contribution < 1.29 is 9.90 Å². The number of nitrogens with one attached hydrogen (secondary N) is 1. The summed E-state index contributed by atoms with van der Waals surface area (Å²) in [5.41, 5.74) is 3.30. The van der Waals surface area contributed by atoms with Crippen LogP contribution in [0.25, 0.3) is 0 Å². The molecule has 7 nitrogen and oxygen atoms in total. The first-order valence-electron chi connectivity index (χ1n) is 9.43. The molecule has 2 saturated heterocycles. The molecule has 0 aliphatic carbocycles. The largest absolute Gasteiger partial charge is 0.481 e. The van der Waals surface area contributed by atoms with E-state index in [1.54, 1.807) is 0 Å². The Balaban J connectivity index is 1.60. The van der Waals surface area contributed by atoms with Gasteiger partial charge in [0.1, 0.15) is 0 Å². The van der Waals surface area contributed by atoms with E-state index in [0.717, 1.165) is 44.1 Å². The molecule has 0 aromatic carbocycles. The molecule has 0 spiro atoms. The summed E-state index contributed by atoms with van der Waals surface area (Å²) < 4.78 is 0. The van der Waals surface area contributed by atoms with Crippen LogP contribution in [0.15, 0.2) is 0 Å². The molecule has 2 aliphatic heterocycles. The quantitative estimate of drug-likeness (QED) is 0.796. The summed E-state index contributed by atoms with van der Waals surface area (Å²) in [7, 11) is 0. The minimum Gasteiger partial charge on any atom is -0.481 e. The van der Waals surface area contributed by atoms with E-state index in [1.807, 2.05) is 13.8 Å². The predicted octanol–water partition coefficient (Wildman–Crippen LogP) is 0.941. The summed E-state index contributed by atoms with van der Waals surface area (Å²) in [4.78, 5) is 18.8. The molecule has 2 fully saturated rings. The van der Waals surface area contributed by atoms with Gasteiger partial charge in [-0.3, -0.25) is 19.7 Å². The van der Waals surface area contributed by atoms with Crippen LogP contribution in [0.5, 0.6) is 0 Å². The van der Waals surface area contributed by atoms with Crippen LogP contribution < -0.4 is 0 Å². The van der Waals surface area contributed by atoms with Gasteiger partial charge in [0, 0.05) is 57.1 Å². The second kappa shape index (κ2) is 8.29. The molecule has 7 heteroatoms. The molecule has 1 aromatic rings. The van der Waals surface area contributed by atoms with Gasteiger partial charge in [-0.05, 0) is 39.8 Å². The number of hydrogen-bond acceptors (Lipinski definition) is 5. The maximum absolute atomic E-state index is 11.7. The highest BCUT2D eigenvalue weighted by Crippen LogP contribution is 2.17. The zero-order chi connectivity index (χ0) is 17.8. The number of aliphatic carboxylic acids is 1. The van der Waals surface area contributed by atoms with Gasteiger partial charge in [-0.1, -0.05) is 0 Å². The van der Waals surface area contributed by atoms with Gasteiger partial charge >= 0.3 is 5.97 Å². The molecule has 2 N–H and O–H groups in total. The third-order valence-corrected chi connectivity index (χ3v) is 5.63. The summed E-state index contributed by atoms with van der Waals surface area (Å²) in [6.45, 7) is 12.4. The fourth-order valence-electron chi connectivity index (χ4n) is 3.97. The Labute approximate surface area is 150 Å². The lowest BCUT2D eigenvalue weighted by atomic mass is 10.1. The van der Waals surface area contributed by atoms with Gasteiger partial charge in [-0.2, -0.15) is 5.10 Å². The van der Waals surface area contributed by atoms with Gasteiger partial charge in [0.05, 0.1) is 11.6 Å². The van der Waals surface area contributed by atoms with Crippen molar-refractivity contribution in [1.29, 1.82) is 0 Å². The Morgan fingerprint density at radius 3 is 2.36 bits per heavy atom. The molecule has 140 valence electrons. The fourth-order valence-corrected chi connectivity index (χ4v) is 3.97. The van der Waals surface area contributed by atoms with Crippen molar-refractivity contribution in [3.8, 4) is 0 Å². The molecule has 0 saturated carbocycles. The van der Waals surface area contributed by atoms with Gasteiger partial charge in [-0.25, -0.2) is 0 Å². The van der Waals surface area contributed by atoms with Gasteiger partial charge < -0.3 is 10.0 Å². The van der Waals surface area contributed by atoms with Crippen molar-refractivity contribution in [3.63, 3.8) is 0 Å². The lowest BCUT2D eigenvalue weighted by Gasteiger charge is -2.24. The first kappa shape index (κ1) is 18.4. The molecule has 2 aliphatic rings. The summed E-state index contributed by atoms with van der Waals surface area (Å²) in [5.74, 6) is -1.01. The minimum absolute atomic E-state index is 0.325. The number of aromatic amines is 1. The summed E-state index contributed by atoms with van der Waals surface area (Å²) in [6.07, 6.45) is 2.60. The van der Waals surface area contributed by atoms with E-state index >= 15 is 0 Å². The Kier molecular flexibility index (Phi) is 6.09. The van der Waals surface area contributed by atoms with Crippen LogP contribution in [0.3, 0.4) is 0 Å². The first-order chi connectivity index (χ1) is 12.0. The van der Waals surface area contributed by atoms with E-state index < -0.39 is 5.97 Å². The van der Waals surface area contributed by atoms with Crippen molar-refractivity contribution in [2.45, 2.75) is 33.2 Å². The monoisotopic (exact) mass is 349 g/mol. The number of carboxylic acids is 1. The SMILES string of the molecule is Cc1n[nH]c(C)c1CN1CCN(CCN2CCCC2)C[C@H](C(=O)O)C1. The lowest BCUT2D eigenvalue weighted by Crippen LogP contribution is -2.38. The molecule has 3 heterocycles. The molecule has 0 radical (unpaired) electrons. The van der Waals surface area contributed by atoms with Crippen molar-refractivity contribution in [2.24, 2.45) is 5.92 Å². The van der Waals surface area contributed by atoms with E-state index in [2.05, 4.69) is 24.9 Å². The number of likely N-dealkylation sites (tertiary alicyclic amines) is 1. The highest BCUT2D eigenvalue weighted by Gasteiger charge is 2.28. The zero-order valence-electron chi connectivity index (χ0n) is 15.5. The average molecular weight is 349 g/mol. The molecule has 3 rings (SSSR count). The number of aromatic nitrogens is 2. The van der Waals surface area contributed by atoms with Crippen molar-refractivity contribution in [2.75, 3.05) is 52.4 Å². The number of hydrogen-bond donors (Lipinski definition) is 2. The zero-order valence-corrected chi connectivity index (χ0v) is 15.5. The Hall–Kier alpha value is -1.44. The second-order valence-electron chi connectivity index (χ2n) is 7.53. The van der Waals surface area contributed by atoms with Crippen molar-refractivity contribution in [3.05, 3.63) is 17.0 Å². The summed E-state index contributed by atoms with van der Waals surface area (Å²) in [5, 5.41) is 16.9. The third-order valence-electron chi connectivity index (χ3n) is 5.63. The molecule has 1 atom stereocenters. The van der Waals surface area contributed by atoms with Gasteiger partial charge in [0.2, 0.25) is 0 Å². The third kappa shape index (κ3) is 4.80. The topological polar surface area (TPSA) is 75.7 Å². The normalized spacial score (nSPS) is 23.8. The van der Waals surface area contributed by atoms with E-state index in [0.29, 0.717) is 13.1 Å². The van der Waals surface area contributed by atoms with Crippen LogP contribution >= 0.6 is 0 Å². The van der Waals surface area contributed by atoms with Crippen molar-refractivity contribution >= 4 is 5.97 Å². The number of carboxylic acid groups (broad SMARTS) is 1. The summed E-state index contributed by atoms with van der Waals surface area (Å²) >= 11 is 0. The van der Waals surface area contributed by atoms with Gasteiger partial charge in [0.25, 0.3) is 0 Å². The number of rotatable bonds is 6. The lowest BCUT2D eigenvalue weighted by molar-refractivity contribution is -0.142. The molecule has 25 heavy (non-hydrogen) atoms. The van der Waals surface area contributed by atoms with E-state index in [1.165, 1.54) is 31.5 Å². The fraction of sp³-hybridized carbons (Fsp3) is 0.778. The Morgan fingerprint density at radius 2 is 1.72 bits per heavy atom. The predicted molar refractivity (Wildman–Crippen MR) is 96.6 cm³/mol. The average Bonchev–Trinajstić information content (AvgIpc) is 3.14. The number of aryl methyl sites for hydroxylation is 2. The Morgan fingerprint density at radius 1 is 1.08 bits per heavy atom. The smallest absolute Gasteiger partial charge is 0.309 e. The van der Waals surface area contributed by atoms with Crippen LogP contribution in [0.1, 0.15) is 29.8 Å². The van der Waals surface area contributed by atoms with Crippen LogP contribution in [-0.4, -0.2) is 88.3 Å². The van der Waals surface area contributed by atoms with Gasteiger partial charge in [0.15, 0.2) is 0 Å². The second-order valence-corrected chi connectivity index (χ2v) is 7.53. The molecular weight excluding hydrogens is 318 g/mol. The van der Waals surface area contributed by atoms with E-state index in [-0.39, 0.29) is 5.92 Å². The first-order valence-corrected chi connectivity index (χ1v) is 9.43. The van der Waals surface area contributed by atoms with Gasteiger partial charge in [-0.15, -0.1) is 0 Å². The van der Waals surface area contributed by atoms with Crippen LogP contribution in [-0.2, 0) is 11.3 Å². The number of nitrogens with zero attached hydrogens (tertiary/aromatic N) is 4. The van der Waals surface area contributed by atoms with Crippen LogP contribution in [0.2, 0.25) is 0 Å². The molecule has 0 unspecified atom stereocenters. The maximum Gasteiger partial charge on any atom is 0.309 e. The van der Waals surface area contributed by atoms with Crippen molar-refractivity contribution in [1.82, 2.24) is 24.9 Å². The maximum atomic E-state index is 11.7. The molecule has 0 amide bonds. The number of H-pyrrole nitrogens is 1. The highest BCUT2D eigenvalue weighted by molar-refractivity contribution is 5.70. The van der Waals surface area contributed by atoms with E-state index in [9.17, 15) is 9.90 Å². The van der Waals surface area contributed by atoms with Crippen LogP contribution in [0.4, 0.5) is 0 Å². The molecule has 1 aromatic heterocycles. The minimum atomic E-state index is -0.682. The number of carbonyl (C=O) groups is 1. The molecule has 0 bridgehead atoms. The standard InChI is InChI=1S/C18H31N5O2/c1-14-17(15(2)20-19-14)13-23-10-9-22(11-16(12-23)18(24)25)8-7-21-5-3-4-6-21/h16H,3-13H2,1-2H3,(H,19,20)(H,24,25)/t16-/m0/s1. The highest BCUT2D eigenvalue weighted by atomic mass is 16.4. The van der Waals surface area contributed by atoms with Crippen LogP contribution in [0, 0.1) is 19.8 Å². The molecular formula is C18H31N5O2. The van der Waals surface area contributed by atoms with E-state index in [4.69, 9.17) is 0 Å². The Bertz CT molecular complexity index is 563. The summed E-state index contributed by atoms with van der Waals surface area (Å²) in [6, 6.07) is 0.